The topological polar surface area (TPSA) is 20.7 Å². The number of fused-ring (bicyclic) bond motifs is 1. The fourth-order valence-electron chi connectivity index (χ4n) is 2.59. The summed E-state index contributed by atoms with van der Waals surface area (Å²) in [5, 5.41) is 0. The summed E-state index contributed by atoms with van der Waals surface area (Å²) in [6.45, 7) is 0.850. The second-order valence-electron chi connectivity index (χ2n) is 4.87. The van der Waals surface area contributed by atoms with Gasteiger partial charge in [0.1, 0.15) is 5.82 Å². The van der Waals surface area contributed by atoms with Crippen molar-refractivity contribution in [1.29, 1.82) is 0 Å². The van der Waals surface area contributed by atoms with E-state index in [9.17, 15) is 4.39 Å². The Hall–Kier alpha value is -0.940. The number of H-pyrrole nitrogens is 1. The highest BCUT2D eigenvalue weighted by Crippen LogP contribution is 2.25. The van der Waals surface area contributed by atoms with Crippen molar-refractivity contribution in [1.82, 2.24) is 9.55 Å². The van der Waals surface area contributed by atoms with Crippen LogP contribution in [0.25, 0.3) is 11.0 Å². The lowest BCUT2D eigenvalue weighted by Crippen LogP contribution is -1.99. The van der Waals surface area contributed by atoms with Crippen molar-refractivity contribution in [3.8, 4) is 0 Å². The molecule has 0 spiro atoms. The van der Waals surface area contributed by atoms with Crippen molar-refractivity contribution >= 4 is 39.2 Å². The third kappa shape index (κ3) is 2.54. The molecule has 0 radical (unpaired) electrons. The molecule has 1 aromatic heterocycles. The van der Waals surface area contributed by atoms with E-state index < -0.39 is 0 Å². The highest BCUT2D eigenvalue weighted by molar-refractivity contribution is 9.10. The summed E-state index contributed by atoms with van der Waals surface area (Å²) in [7, 11) is 0. The zero-order valence-corrected chi connectivity index (χ0v) is 12.8. The van der Waals surface area contributed by atoms with E-state index in [1.54, 1.807) is 6.07 Å². The number of halogens is 2. The lowest BCUT2D eigenvalue weighted by molar-refractivity contribution is 0.622. The summed E-state index contributed by atoms with van der Waals surface area (Å²) in [4.78, 5) is 3.07. The quantitative estimate of drug-likeness (QED) is 0.608. The maximum Gasteiger partial charge on any atom is 0.178 e. The fraction of sp³-hybridized carbons (Fsp3) is 0.357. The molecule has 0 saturated carbocycles. The van der Waals surface area contributed by atoms with Crippen LogP contribution >= 0.6 is 28.1 Å². The molecule has 1 aliphatic rings. The van der Waals surface area contributed by atoms with Crippen LogP contribution in [0.15, 0.2) is 28.3 Å². The molecule has 19 heavy (non-hydrogen) atoms. The molecule has 3 rings (SSSR count). The number of benzene rings is 1. The van der Waals surface area contributed by atoms with Crippen LogP contribution in [0.5, 0.6) is 0 Å². The van der Waals surface area contributed by atoms with Crippen LogP contribution in [0.4, 0.5) is 4.39 Å². The van der Waals surface area contributed by atoms with E-state index in [1.807, 2.05) is 4.57 Å². The van der Waals surface area contributed by atoms with Gasteiger partial charge in [0.25, 0.3) is 0 Å². The average Bonchev–Trinajstić information content (AvgIpc) is 2.96. The van der Waals surface area contributed by atoms with Crippen molar-refractivity contribution in [2.45, 2.75) is 32.2 Å². The van der Waals surface area contributed by atoms with E-state index in [0.717, 1.165) is 24.0 Å². The molecule has 5 heteroatoms. The molecule has 2 nitrogen and oxygen atoms in total. The van der Waals surface area contributed by atoms with E-state index in [-0.39, 0.29) is 5.82 Å². The van der Waals surface area contributed by atoms with Gasteiger partial charge in [0, 0.05) is 12.6 Å². The van der Waals surface area contributed by atoms with Crippen LogP contribution in [-0.2, 0) is 6.54 Å². The Bertz CT molecular complexity index is 714. The predicted octanol–water partition coefficient (Wildman–Crippen LogP) is 5.10. The molecule has 100 valence electrons. The van der Waals surface area contributed by atoms with Gasteiger partial charge in [-0.25, -0.2) is 4.39 Å². The maximum atomic E-state index is 13.5. The number of allylic oxidation sites excluding steroid dienone is 2. The minimum atomic E-state index is -0.269. The van der Waals surface area contributed by atoms with E-state index >= 15 is 0 Å². The molecule has 1 N–H and O–H groups in total. The summed E-state index contributed by atoms with van der Waals surface area (Å²) < 4.78 is 16.7. The van der Waals surface area contributed by atoms with E-state index in [2.05, 4.69) is 27.0 Å². The third-order valence-electron chi connectivity index (χ3n) is 3.61. The number of nitrogens with zero attached hydrogens (tertiary/aromatic N) is 1. The van der Waals surface area contributed by atoms with Gasteiger partial charge in [-0.15, -0.1) is 0 Å². The summed E-state index contributed by atoms with van der Waals surface area (Å²) in [6, 6.07) is 3.28. The number of rotatable bonds is 3. The summed E-state index contributed by atoms with van der Waals surface area (Å²) >= 11 is 8.56. The Morgan fingerprint density at radius 2 is 2.26 bits per heavy atom. The first-order valence-electron chi connectivity index (χ1n) is 6.40. The molecule has 1 aromatic carbocycles. The number of imidazole rings is 1. The van der Waals surface area contributed by atoms with Crippen LogP contribution < -0.4 is 0 Å². The van der Waals surface area contributed by atoms with E-state index in [0.29, 0.717) is 9.24 Å². The Labute approximate surface area is 124 Å². The number of aryl methyl sites for hydroxylation is 1. The number of hydrogen-bond acceptors (Lipinski definition) is 1. The number of hydrogen-bond donors (Lipinski definition) is 1. The Morgan fingerprint density at radius 1 is 1.42 bits per heavy atom. The molecule has 0 saturated heterocycles. The molecular formula is C14H14BrFN2S. The normalized spacial score (nSPS) is 15.2. The fourth-order valence-corrected chi connectivity index (χ4v) is 3.22. The predicted molar refractivity (Wildman–Crippen MR) is 81.3 cm³/mol. The van der Waals surface area contributed by atoms with Gasteiger partial charge in [0.15, 0.2) is 4.77 Å². The van der Waals surface area contributed by atoms with E-state index in [4.69, 9.17) is 12.2 Å². The van der Waals surface area contributed by atoms with Gasteiger partial charge in [-0.2, -0.15) is 0 Å². The minimum absolute atomic E-state index is 0.269. The summed E-state index contributed by atoms with van der Waals surface area (Å²) in [6.07, 6.45) is 7.02. The molecule has 2 aromatic rings. The molecular weight excluding hydrogens is 327 g/mol. The highest BCUT2D eigenvalue weighted by Gasteiger charge is 2.10. The zero-order chi connectivity index (χ0) is 13.4. The van der Waals surface area contributed by atoms with Crippen molar-refractivity contribution in [3.63, 3.8) is 0 Å². The number of aromatic nitrogens is 2. The zero-order valence-electron chi connectivity index (χ0n) is 10.4. The molecule has 0 amide bonds. The molecule has 0 unspecified atom stereocenters. The smallest absolute Gasteiger partial charge is 0.178 e. The second-order valence-corrected chi connectivity index (χ2v) is 6.11. The van der Waals surface area contributed by atoms with Gasteiger partial charge < -0.3 is 9.55 Å². The molecule has 0 bridgehead atoms. The standard InChI is InChI=1S/C14H14BrFN2S/c15-10-7-13-12(8-11(10)16)17-14(19)18(13)6-5-9-3-1-2-4-9/h3,7-8H,1-2,4-6H2,(H,17,19). The van der Waals surface area contributed by atoms with Crippen LogP contribution in [0.1, 0.15) is 25.7 Å². The summed E-state index contributed by atoms with van der Waals surface area (Å²) in [5.41, 5.74) is 3.22. The van der Waals surface area contributed by atoms with Crippen LogP contribution in [-0.4, -0.2) is 9.55 Å². The molecule has 0 aliphatic heterocycles. The molecule has 0 atom stereocenters. The summed E-state index contributed by atoms with van der Waals surface area (Å²) in [5.74, 6) is -0.269. The van der Waals surface area contributed by atoms with Crippen LogP contribution in [0.3, 0.4) is 0 Å². The highest BCUT2D eigenvalue weighted by atomic mass is 79.9. The van der Waals surface area contributed by atoms with Gasteiger partial charge >= 0.3 is 0 Å². The Kier molecular flexibility index (Phi) is 3.58. The van der Waals surface area contributed by atoms with Gasteiger partial charge in [-0.3, -0.25) is 0 Å². The van der Waals surface area contributed by atoms with Gasteiger partial charge in [0.05, 0.1) is 15.5 Å². The Morgan fingerprint density at radius 3 is 3.00 bits per heavy atom. The lowest BCUT2D eigenvalue weighted by atomic mass is 10.1. The first kappa shape index (κ1) is 13.1. The van der Waals surface area contributed by atoms with Gasteiger partial charge in [-0.05, 0) is 59.9 Å². The van der Waals surface area contributed by atoms with Crippen molar-refractivity contribution < 1.29 is 4.39 Å². The van der Waals surface area contributed by atoms with Gasteiger partial charge in [0.2, 0.25) is 0 Å². The largest absolute Gasteiger partial charge is 0.330 e. The SMILES string of the molecule is Fc1cc2[nH]c(=S)n(CCC3=CCCC3)c2cc1Br. The average molecular weight is 341 g/mol. The van der Waals surface area contributed by atoms with Gasteiger partial charge in [-0.1, -0.05) is 11.6 Å². The Balaban J connectivity index is 1.95. The monoisotopic (exact) mass is 340 g/mol. The van der Waals surface area contributed by atoms with Crippen molar-refractivity contribution in [2.75, 3.05) is 0 Å². The molecule has 0 fully saturated rings. The maximum absolute atomic E-state index is 13.5. The lowest BCUT2D eigenvalue weighted by Gasteiger charge is -2.06. The van der Waals surface area contributed by atoms with Crippen molar-refractivity contribution in [3.05, 3.63) is 38.8 Å². The van der Waals surface area contributed by atoms with Crippen LogP contribution in [0, 0.1) is 10.6 Å². The van der Waals surface area contributed by atoms with Crippen molar-refractivity contribution in [2.24, 2.45) is 0 Å². The first-order valence-corrected chi connectivity index (χ1v) is 7.61. The molecule has 1 aliphatic carbocycles. The second kappa shape index (κ2) is 5.21. The first-order chi connectivity index (χ1) is 9.15. The van der Waals surface area contributed by atoms with E-state index in [1.165, 1.54) is 30.9 Å². The number of nitrogens with one attached hydrogen (secondary N) is 1. The third-order valence-corrected chi connectivity index (χ3v) is 4.54. The number of aromatic amines is 1. The van der Waals surface area contributed by atoms with Crippen LogP contribution in [0.2, 0.25) is 0 Å². The minimum Gasteiger partial charge on any atom is -0.330 e. The molecule has 1 heterocycles.